The van der Waals surface area contributed by atoms with E-state index in [1.54, 1.807) is 19.3 Å². The lowest BCUT2D eigenvalue weighted by molar-refractivity contribution is -0.253. The van der Waals surface area contributed by atoms with Crippen LogP contribution in [0.2, 0.25) is 0 Å². The van der Waals surface area contributed by atoms with Gasteiger partial charge in [0.15, 0.2) is 0 Å². The number of rotatable bonds is 0. The summed E-state index contributed by atoms with van der Waals surface area (Å²) in [6, 6.07) is 0. The van der Waals surface area contributed by atoms with Gasteiger partial charge in [-0.05, 0) is 79.4 Å². The van der Waals surface area contributed by atoms with Gasteiger partial charge in [0.1, 0.15) is 0 Å². The van der Waals surface area contributed by atoms with Crippen molar-refractivity contribution in [2.75, 3.05) is 0 Å². The zero-order valence-corrected chi connectivity index (χ0v) is 10.3. The van der Waals surface area contributed by atoms with E-state index in [1.165, 1.54) is 19.3 Å². The molecule has 7 aliphatic rings. The third-order valence-corrected chi connectivity index (χ3v) is 7.63. The highest BCUT2D eigenvalue weighted by Gasteiger charge is 2.70. The highest BCUT2D eigenvalue weighted by molar-refractivity contribution is 5.22. The van der Waals surface area contributed by atoms with Crippen LogP contribution >= 0.6 is 0 Å². The van der Waals surface area contributed by atoms with Crippen molar-refractivity contribution < 1.29 is 0 Å². The van der Waals surface area contributed by atoms with E-state index in [9.17, 15) is 0 Å². The van der Waals surface area contributed by atoms with E-state index >= 15 is 0 Å². The maximum Gasteiger partial charge on any atom is 0.0165 e. The lowest BCUT2D eigenvalue weighted by atomic mass is 9.30. The first-order valence-corrected chi connectivity index (χ1v) is 7.38. The van der Waals surface area contributed by atoms with Gasteiger partial charge < -0.3 is 5.73 Å². The molecule has 1 nitrogen and oxygen atoms in total. The van der Waals surface area contributed by atoms with Gasteiger partial charge in [-0.1, -0.05) is 6.92 Å². The molecule has 0 radical (unpaired) electrons. The molecule has 0 saturated heterocycles. The Morgan fingerprint density at radius 2 is 1.56 bits per heavy atom. The van der Waals surface area contributed by atoms with Gasteiger partial charge in [-0.25, -0.2) is 0 Å². The summed E-state index contributed by atoms with van der Waals surface area (Å²) in [5.41, 5.74) is 7.61. The monoisotopic (exact) mass is 217 g/mol. The summed E-state index contributed by atoms with van der Waals surface area (Å²) in [7, 11) is 0. The van der Waals surface area contributed by atoms with E-state index in [1.807, 2.05) is 0 Å². The van der Waals surface area contributed by atoms with Gasteiger partial charge in [-0.3, -0.25) is 0 Å². The van der Waals surface area contributed by atoms with Crippen LogP contribution in [0, 0.1) is 40.9 Å². The SMILES string of the molecule is CC12CC3(N)CC4C5CC(CC41)CC2C5C3. The molecule has 4 atom stereocenters. The molecule has 0 aromatic heterocycles. The van der Waals surface area contributed by atoms with E-state index in [2.05, 4.69) is 6.92 Å². The van der Waals surface area contributed by atoms with Crippen LogP contribution in [-0.2, 0) is 0 Å². The van der Waals surface area contributed by atoms with E-state index in [0.29, 0.717) is 5.41 Å². The second kappa shape index (κ2) is 2.25. The zero-order valence-electron chi connectivity index (χ0n) is 10.3. The van der Waals surface area contributed by atoms with Gasteiger partial charge in [0, 0.05) is 5.54 Å². The first kappa shape index (κ1) is 8.97. The van der Waals surface area contributed by atoms with Gasteiger partial charge in [-0.2, -0.15) is 0 Å². The fourth-order valence-corrected chi connectivity index (χ4v) is 7.57. The Balaban J connectivity index is 1.73. The maximum absolute atomic E-state index is 6.69. The molecule has 0 aliphatic heterocycles. The molecule has 1 heteroatoms. The lowest BCUT2D eigenvalue weighted by Gasteiger charge is -2.76. The van der Waals surface area contributed by atoms with E-state index in [-0.39, 0.29) is 5.54 Å². The number of nitrogens with two attached hydrogens (primary N) is 1. The van der Waals surface area contributed by atoms with Crippen LogP contribution in [0.1, 0.15) is 45.4 Å². The molecule has 7 rings (SSSR count). The van der Waals surface area contributed by atoms with Crippen LogP contribution in [0.5, 0.6) is 0 Å². The fraction of sp³-hybridized carbons (Fsp3) is 1.00. The third kappa shape index (κ3) is 0.749. The van der Waals surface area contributed by atoms with Gasteiger partial charge >= 0.3 is 0 Å². The molecule has 0 heterocycles. The summed E-state index contributed by atoms with van der Waals surface area (Å²) in [5.74, 6) is 6.44. The van der Waals surface area contributed by atoms with Crippen molar-refractivity contribution in [3.05, 3.63) is 0 Å². The predicted octanol–water partition coefficient (Wildman–Crippen LogP) is 2.80. The Labute approximate surface area is 98.2 Å². The van der Waals surface area contributed by atoms with Gasteiger partial charge in [0.25, 0.3) is 0 Å². The van der Waals surface area contributed by atoms with Crippen molar-refractivity contribution in [1.82, 2.24) is 0 Å². The Bertz CT molecular complexity index is 350. The average molecular weight is 217 g/mol. The fourth-order valence-electron chi connectivity index (χ4n) is 7.57. The second-order valence-electron chi connectivity index (χ2n) is 8.23. The summed E-state index contributed by atoms with van der Waals surface area (Å²) < 4.78 is 0. The summed E-state index contributed by atoms with van der Waals surface area (Å²) in [6.07, 6.45) is 8.84. The van der Waals surface area contributed by atoms with Gasteiger partial charge in [0.05, 0.1) is 0 Å². The second-order valence-corrected chi connectivity index (χ2v) is 8.23. The van der Waals surface area contributed by atoms with Gasteiger partial charge in [0.2, 0.25) is 0 Å². The topological polar surface area (TPSA) is 26.0 Å². The van der Waals surface area contributed by atoms with Crippen LogP contribution in [0.4, 0.5) is 0 Å². The molecule has 16 heavy (non-hydrogen) atoms. The normalized spacial score (nSPS) is 73.9. The van der Waals surface area contributed by atoms with E-state index in [4.69, 9.17) is 5.73 Å². The molecular formula is C15H23N. The Morgan fingerprint density at radius 3 is 2.19 bits per heavy atom. The summed E-state index contributed by atoms with van der Waals surface area (Å²) >= 11 is 0. The Kier molecular flexibility index (Phi) is 1.26. The first-order chi connectivity index (χ1) is 7.59. The third-order valence-electron chi connectivity index (χ3n) is 7.63. The largest absolute Gasteiger partial charge is 0.325 e. The molecule has 7 aliphatic carbocycles. The van der Waals surface area contributed by atoms with Crippen LogP contribution in [0.25, 0.3) is 0 Å². The molecule has 8 bridgehead atoms. The molecule has 2 N–H and O–H groups in total. The Hall–Kier alpha value is -0.0400. The molecule has 88 valence electrons. The summed E-state index contributed by atoms with van der Waals surface area (Å²) in [5, 5.41) is 0. The number of hydrogen-bond acceptors (Lipinski definition) is 1. The lowest BCUT2D eigenvalue weighted by Crippen LogP contribution is -2.73. The molecule has 7 fully saturated rings. The minimum atomic E-state index is 0.262. The van der Waals surface area contributed by atoms with Crippen molar-refractivity contribution in [3.8, 4) is 0 Å². The summed E-state index contributed by atoms with van der Waals surface area (Å²) in [6.45, 7) is 2.61. The van der Waals surface area contributed by atoms with Crippen molar-refractivity contribution in [3.63, 3.8) is 0 Å². The molecule has 0 spiro atoms. The first-order valence-electron chi connectivity index (χ1n) is 7.38. The van der Waals surface area contributed by atoms with E-state index in [0.717, 1.165) is 35.5 Å². The van der Waals surface area contributed by atoms with Crippen molar-refractivity contribution in [2.45, 2.75) is 51.0 Å². The standard InChI is InChI=1S/C15H23N/c1-14-7-15(16)5-10-9-2-8(3-12(10)14)4-13(14)11(9)6-15/h8-13H,2-7,16H2,1H3. The van der Waals surface area contributed by atoms with Crippen LogP contribution in [0.3, 0.4) is 0 Å². The molecule has 4 unspecified atom stereocenters. The maximum atomic E-state index is 6.69. The van der Waals surface area contributed by atoms with Crippen LogP contribution < -0.4 is 5.73 Å². The number of hydrogen-bond donors (Lipinski definition) is 1. The predicted molar refractivity (Wildman–Crippen MR) is 63.7 cm³/mol. The van der Waals surface area contributed by atoms with Gasteiger partial charge in [-0.15, -0.1) is 0 Å². The highest BCUT2D eigenvalue weighted by Crippen LogP contribution is 2.76. The highest BCUT2D eigenvalue weighted by atomic mass is 14.9. The van der Waals surface area contributed by atoms with E-state index < -0.39 is 0 Å². The summed E-state index contributed by atoms with van der Waals surface area (Å²) in [4.78, 5) is 0. The Morgan fingerprint density at radius 1 is 0.938 bits per heavy atom. The van der Waals surface area contributed by atoms with Crippen LogP contribution in [-0.4, -0.2) is 5.54 Å². The van der Waals surface area contributed by atoms with Crippen molar-refractivity contribution >= 4 is 0 Å². The quantitative estimate of drug-likeness (QED) is 0.663. The molecule has 0 aromatic carbocycles. The smallest absolute Gasteiger partial charge is 0.0165 e. The van der Waals surface area contributed by atoms with Crippen molar-refractivity contribution in [1.29, 1.82) is 0 Å². The molecule has 0 aromatic rings. The average Bonchev–Trinajstić information content (AvgIpc) is 2.23. The molecule has 0 amide bonds. The van der Waals surface area contributed by atoms with Crippen molar-refractivity contribution in [2.24, 2.45) is 46.7 Å². The minimum Gasteiger partial charge on any atom is -0.325 e. The molecule has 7 saturated carbocycles. The van der Waals surface area contributed by atoms with Crippen LogP contribution in [0.15, 0.2) is 0 Å². The molecular weight excluding hydrogens is 194 g/mol. The zero-order chi connectivity index (χ0) is 10.7. The minimum absolute atomic E-state index is 0.262.